The summed E-state index contributed by atoms with van der Waals surface area (Å²) in [5, 5.41) is 3.40. The van der Waals surface area contributed by atoms with Crippen LogP contribution < -0.4 is 11.1 Å². The molecule has 0 aliphatic carbocycles. The fourth-order valence-corrected chi connectivity index (χ4v) is 3.08. The van der Waals surface area contributed by atoms with Gasteiger partial charge in [0.2, 0.25) is 0 Å². The molecule has 0 saturated carbocycles. The molecule has 152 valence electrons. The number of nitrogens with two attached hydrogens (primary N) is 1. The van der Waals surface area contributed by atoms with Crippen LogP contribution in [-0.2, 0) is 0 Å². The van der Waals surface area contributed by atoms with Crippen molar-refractivity contribution in [2.24, 2.45) is 4.99 Å². The number of nitrogens with zero attached hydrogens (tertiary/aromatic N) is 2. The molecule has 3 N–H and O–H groups in total. The van der Waals surface area contributed by atoms with Crippen molar-refractivity contribution in [3.8, 4) is 0 Å². The topological polar surface area (TPSA) is 80.4 Å². The van der Waals surface area contributed by atoms with E-state index in [9.17, 15) is 4.79 Å². The van der Waals surface area contributed by atoms with E-state index in [-0.39, 0.29) is 11.7 Å². The van der Waals surface area contributed by atoms with Crippen molar-refractivity contribution >= 4 is 40.4 Å². The van der Waals surface area contributed by atoms with Crippen LogP contribution in [0.2, 0.25) is 5.02 Å². The van der Waals surface area contributed by atoms with Gasteiger partial charge in [-0.3, -0.25) is 4.79 Å². The Balaban J connectivity index is 2.01. The van der Waals surface area contributed by atoms with Gasteiger partial charge in [-0.25, -0.2) is 9.98 Å². The van der Waals surface area contributed by atoms with Gasteiger partial charge in [-0.2, -0.15) is 0 Å². The van der Waals surface area contributed by atoms with Crippen molar-refractivity contribution in [2.45, 2.75) is 20.8 Å². The second-order valence-electron chi connectivity index (χ2n) is 7.09. The highest BCUT2D eigenvalue weighted by Crippen LogP contribution is 2.26. The van der Waals surface area contributed by atoms with Crippen LogP contribution in [0.4, 0.5) is 17.2 Å². The number of aryl methyl sites for hydroxylation is 1. The molecule has 2 aromatic carbocycles. The average Bonchev–Trinajstić information content (AvgIpc) is 2.70. The van der Waals surface area contributed by atoms with E-state index in [0.29, 0.717) is 22.0 Å². The molecule has 5 nitrogen and oxygen atoms in total. The number of carbonyl (C=O) groups excluding carboxylic acids is 1. The number of carbonyl (C=O) groups is 1. The lowest BCUT2D eigenvalue weighted by molar-refractivity contribution is 0.102. The molecule has 1 aromatic heterocycles. The second-order valence-corrected chi connectivity index (χ2v) is 7.50. The Labute approximate surface area is 181 Å². The average molecular weight is 419 g/mol. The molecule has 1 heterocycles. The molecule has 6 heteroatoms. The van der Waals surface area contributed by atoms with Gasteiger partial charge in [0.25, 0.3) is 5.91 Å². The van der Waals surface area contributed by atoms with Crippen LogP contribution in [0.5, 0.6) is 0 Å². The molecule has 0 fully saturated rings. The lowest BCUT2D eigenvalue weighted by Gasteiger charge is -2.11. The first-order chi connectivity index (χ1) is 14.3. The zero-order chi connectivity index (χ0) is 21.7. The molecular formula is C24H23ClN4O. The van der Waals surface area contributed by atoms with E-state index in [1.807, 2.05) is 57.2 Å². The Bertz CT molecular complexity index is 1150. The highest BCUT2D eigenvalue weighted by Gasteiger charge is 2.13. The van der Waals surface area contributed by atoms with E-state index in [2.05, 4.69) is 10.3 Å². The number of benzene rings is 2. The zero-order valence-corrected chi connectivity index (χ0v) is 17.9. The molecule has 30 heavy (non-hydrogen) atoms. The summed E-state index contributed by atoms with van der Waals surface area (Å²) in [7, 11) is 0. The minimum absolute atomic E-state index is 0.176. The number of nitrogens with one attached hydrogen (secondary N) is 1. The minimum atomic E-state index is -0.339. The van der Waals surface area contributed by atoms with E-state index < -0.39 is 0 Å². The van der Waals surface area contributed by atoms with Crippen LogP contribution in [0.1, 0.15) is 35.3 Å². The first-order valence-electron chi connectivity index (χ1n) is 9.46. The smallest absolute Gasteiger partial charge is 0.259 e. The van der Waals surface area contributed by atoms with Gasteiger partial charge in [-0.1, -0.05) is 35.4 Å². The van der Waals surface area contributed by atoms with Crippen LogP contribution in [0, 0.1) is 6.92 Å². The van der Waals surface area contributed by atoms with E-state index in [1.54, 1.807) is 30.5 Å². The summed E-state index contributed by atoms with van der Waals surface area (Å²) in [4.78, 5) is 21.4. The quantitative estimate of drug-likeness (QED) is 0.501. The normalized spacial score (nSPS) is 11.1. The van der Waals surface area contributed by atoms with Gasteiger partial charge >= 0.3 is 0 Å². The Morgan fingerprint density at radius 1 is 1.10 bits per heavy atom. The van der Waals surface area contributed by atoms with Gasteiger partial charge < -0.3 is 11.1 Å². The number of amides is 1. The lowest BCUT2D eigenvalue weighted by atomic mass is 10.1. The van der Waals surface area contributed by atoms with Gasteiger partial charge in [0, 0.05) is 17.4 Å². The molecule has 3 rings (SSSR count). The van der Waals surface area contributed by atoms with Crippen molar-refractivity contribution in [3.63, 3.8) is 0 Å². The van der Waals surface area contributed by atoms with E-state index in [1.165, 1.54) is 0 Å². The maximum Gasteiger partial charge on any atom is 0.259 e. The third kappa shape index (κ3) is 5.13. The van der Waals surface area contributed by atoms with Crippen LogP contribution in [0.25, 0.3) is 0 Å². The maximum absolute atomic E-state index is 12.6. The fraction of sp³-hybridized carbons (Fsp3) is 0.125. The Morgan fingerprint density at radius 3 is 2.57 bits per heavy atom. The standard InChI is InChI=1S/C24H23ClN4O/c1-15(2)13-22(29-21-9-5-4-7-16(21)3)19-14-17(10-11-20(19)25)28-24(30)18-8-6-12-27-23(18)26/h4-14H,1-3H3,(H2,26,27)(H,28,30). The number of nitrogen functional groups attached to an aromatic ring is 1. The van der Waals surface area contributed by atoms with Gasteiger partial charge in [0.1, 0.15) is 5.82 Å². The second kappa shape index (κ2) is 9.37. The van der Waals surface area contributed by atoms with Gasteiger partial charge in [-0.05, 0) is 68.8 Å². The highest BCUT2D eigenvalue weighted by molar-refractivity contribution is 6.35. The van der Waals surface area contributed by atoms with Crippen LogP contribution in [-0.4, -0.2) is 16.6 Å². The largest absolute Gasteiger partial charge is 0.383 e. The summed E-state index contributed by atoms with van der Waals surface area (Å²) in [6.45, 7) is 6.01. The molecule has 0 bridgehead atoms. The Morgan fingerprint density at radius 2 is 1.87 bits per heavy atom. The lowest BCUT2D eigenvalue weighted by Crippen LogP contribution is -2.15. The number of anilines is 2. The van der Waals surface area contributed by atoms with Crippen molar-refractivity contribution in [3.05, 3.63) is 94.2 Å². The van der Waals surface area contributed by atoms with E-state index >= 15 is 0 Å². The predicted octanol–water partition coefficient (Wildman–Crippen LogP) is 5.96. The number of para-hydroxylation sites is 1. The summed E-state index contributed by atoms with van der Waals surface area (Å²) in [6.07, 6.45) is 3.51. The van der Waals surface area contributed by atoms with Crippen molar-refractivity contribution < 1.29 is 4.79 Å². The minimum Gasteiger partial charge on any atom is -0.383 e. The summed E-state index contributed by atoms with van der Waals surface area (Å²) in [5.74, 6) is -0.163. The molecule has 1 amide bonds. The predicted molar refractivity (Wildman–Crippen MR) is 125 cm³/mol. The van der Waals surface area contributed by atoms with E-state index in [4.69, 9.17) is 22.3 Å². The number of allylic oxidation sites excluding steroid dienone is 2. The van der Waals surface area contributed by atoms with Gasteiger partial charge in [-0.15, -0.1) is 0 Å². The maximum atomic E-state index is 12.6. The summed E-state index contributed by atoms with van der Waals surface area (Å²) in [5.41, 5.74) is 11.1. The number of aliphatic imine (C=N–C) groups is 1. The molecule has 0 aliphatic heterocycles. The third-order valence-electron chi connectivity index (χ3n) is 4.37. The summed E-state index contributed by atoms with van der Waals surface area (Å²) < 4.78 is 0. The van der Waals surface area contributed by atoms with Gasteiger partial charge in [0.05, 0.1) is 22.0 Å². The molecule has 0 spiro atoms. The van der Waals surface area contributed by atoms with Crippen LogP contribution in [0.3, 0.4) is 0 Å². The molecular weight excluding hydrogens is 396 g/mol. The third-order valence-corrected chi connectivity index (χ3v) is 4.69. The molecule has 0 unspecified atom stereocenters. The Hall–Kier alpha value is -3.44. The van der Waals surface area contributed by atoms with Crippen molar-refractivity contribution in [1.29, 1.82) is 0 Å². The number of hydrogen-bond acceptors (Lipinski definition) is 4. The fourth-order valence-electron chi connectivity index (χ4n) is 2.87. The molecule has 3 aromatic rings. The number of halogens is 1. The Kier molecular flexibility index (Phi) is 6.65. The monoisotopic (exact) mass is 418 g/mol. The first kappa shape index (κ1) is 21.3. The molecule has 0 aliphatic rings. The molecule has 0 radical (unpaired) electrons. The highest BCUT2D eigenvalue weighted by atomic mass is 35.5. The van der Waals surface area contributed by atoms with Gasteiger partial charge in [0.15, 0.2) is 0 Å². The number of aromatic nitrogens is 1. The zero-order valence-electron chi connectivity index (χ0n) is 17.1. The molecule has 0 atom stereocenters. The van der Waals surface area contributed by atoms with Crippen molar-refractivity contribution in [1.82, 2.24) is 4.98 Å². The van der Waals surface area contributed by atoms with Crippen LogP contribution in [0.15, 0.2) is 77.4 Å². The van der Waals surface area contributed by atoms with Crippen molar-refractivity contribution in [2.75, 3.05) is 11.1 Å². The summed E-state index contributed by atoms with van der Waals surface area (Å²) in [6, 6.07) is 16.5. The molecule has 0 saturated heterocycles. The number of hydrogen-bond donors (Lipinski definition) is 2. The summed E-state index contributed by atoms with van der Waals surface area (Å²) >= 11 is 6.51. The van der Waals surface area contributed by atoms with E-state index in [0.717, 1.165) is 22.4 Å². The first-order valence-corrected chi connectivity index (χ1v) is 9.84. The van der Waals surface area contributed by atoms with Crippen LogP contribution >= 0.6 is 11.6 Å². The SMILES string of the molecule is CC(C)=CC(=Nc1ccccc1C)c1cc(NC(=O)c2cccnc2N)ccc1Cl. The number of pyridine rings is 1. The number of rotatable bonds is 5.